The molecule has 0 saturated carbocycles. The molecule has 4 rings (SSSR count). The SMILES string of the molecule is C[C@@H](NC(=O)C1=CC(c2ccnc(C(C)(C)O)c2)=NN2CC(C)(C)N=C12)c1cccc(C(F)(F)F)c1F. The van der Waals surface area contributed by atoms with E-state index in [1.54, 1.807) is 31.0 Å². The van der Waals surface area contributed by atoms with E-state index >= 15 is 0 Å². The summed E-state index contributed by atoms with van der Waals surface area (Å²) in [6, 6.07) is 5.24. The molecule has 0 aliphatic carbocycles. The van der Waals surface area contributed by atoms with Crippen molar-refractivity contribution in [3.63, 3.8) is 0 Å². The summed E-state index contributed by atoms with van der Waals surface area (Å²) in [5.74, 6) is -1.77. The number of nitrogens with zero attached hydrogens (tertiary/aromatic N) is 4. The second-order valence-electron chi connectivity index (χ2n) is 10.2. The molecule has 0 bridgehead atoms. The minimum Gasteiger partial charge on any atom is -0.384 e. The fraction of sp³-hybridized carbons (Fsp3) is 0.385. The highest BCUT2D eigenvalue weighted by molar-refractivity contribution is 6.28. The number of hydrogen-bond donors (Lipinski definition) is 2. The Morgan fingerprint density at radius 1 is 1.22 bits per heavy atom. The Bertz CT molecular complexity index is 1340. The van der Waals surface area contributed by atoms with Gasteiger partial charge in [-0.15, -0.1) is 0 Å². The molecule has 196 valence electrons. The Labute approximate surface area is 211 Å². The van der Waals surface area contributed by atoms with Crippen molar-refractivity contribution in [2.24, 2.45) is 10.1 Å². The van der Waals surface area contributed by atoms with Crippen LogP contribution in [0, 0.1) is 5.82 Å². The fourth-order valence-electron chi connectivity index (χ4n) is 4.15. The number of carbonyl (C=O) groups excluding carboxylic acids is 1. The number of carbonyl (C=O) groups is 1. The van der Waals surface area contributed by atoms with Crippen LogP contribution in [-0.4, -0.2) is 44.6 Å². The molecule has 0 spiro atoms. The van der Waals surface area contributed by atoms with Gasteiger partial charge in [-0.2, -0.15) is 18.3 Å². The van der Waals surface area contributed by atoms with E-state index in [-0.39, 0.29) is 11.1 Å². The highest BCUT2D eigenvalue weighted by Gasteiger charge is 2.39. The van der Waals surface area contributed by atoms with Crippen LogP contribution in [0.4, 0.5) is 17.6 Å². The van der Waals surface area contributed by atoms with Crippen LogP contribution in [0.2, 0.25) is 0 Å². The van der Waals surface area contributed by atoms with Gasteiger partial charge < -0.3 is 10.4 Å². The molecule has 0 radical (unpaired) electrons. The molecule has 7 nitrogen and oxygen atoms in total. The number of aliphatic imine (C=N–C) groups is 1. The van der Waals surface area contributed by atoms with Crippen LogP contribution in [0.1, 0.15) is 63.0 Å². The van der Waals surface area contributed by atoms with E-state index in [0.717, 1.165) is 6.07 Å². The van der Waals surface area contributed by atoms with Crippen molar-refractivity contribution in [1.29, 1.82) is 0 Å². The number of hydrogen-bond acceptors (Lipinski definition) is 6. The lowest BCUT2D eigenvalue weighted by Crippen LogP contribution is -2.39. The van der Waals surface area contributed by atoms with Gasteiger partial charge in [-0.1, -0.05) is 12.1 Å². The number of hydrazone groups is 1. The maximum Gasteiger partial charge on any atom is 0.419 e. The number of amides is 1. The van der Waals surface area contributed by atoms with Crippen LogP contribution in [0.5, 0.6) is 0 Å². The van der Waals surface area contributed by atoms with Gasteiger partial charge in [0.05, 0.1) is 40.7 Å². The van der Waals surface area contributed by atoms with Crippen LogP contribution in [-0.2, 0) is 16.6 Å². The van der Waals surface area contributed by atoms with Crippen LogP contribution < -0.4 is 5.32 Å². The number of aliphatic hydroxyl groups is 1. The Morgan fingerprint density at radius 3 is 2.57 bits per heavy atom. The number of alkyl halides is 3. The van der Waals surface area contributed by atoms with Crippen molar-refractivity contribution in [2.75, 3.05) is 6.54 Å². The molecule has 1 amide bonds. The first-order valence-electron chi connectivity index (χ1n) is 11.6. The Morgan fingerprint density at radius 2 is 1.92 bits per heavy atom. The van der Waals surface area contributed by atoms with E-state index < -0.39 is 40.6 Å². The topological polar surface area (TPSA) is 90.2 Å². The van der Waals surface area contributed by atoms with Gasteiger partial charge in [0.15, 0.2) is 5.84 Å². The minimum atomic E-state index is -4.86. The van der Waals surface area contributed by atoms with Gasteiger partial charge >= 0.3 is 6.18 Å². The second-order valence-corrected chi connectivity index (χ2v) is 10.2. The Kier molecular flexibility index (Phi) is 6.48. The summed E-state index contributed by atoms with van der Waals surface area (Å²) in [7, 11) is 0. The van der Waals surface area contributed by atoms with Crippen LogP contribution in [0.15, 0.2) is 58.3 Å². The molecular weight excluding hydrogens is 490 g/mol. The molecule has 37 heavy (non-hydrogen) atoms. The van der Waals surface area contributed by atoms with Gasteiger partial charge in [0, 0.05) is 17.3 Å². The summed E-state index contributed by atoms with van der Waals surface area (Å²) in [4.78, 5) is 22.2. The molecule has 1 aromatic heterocycles. The number of nitrogens with one attached hydrogen (secondary N) is 1. The third kappa shape index (κ3) is 5.41. The summed E-state index contributed by atoms with van der Waals surface area (Å²) >= 11 is 0. The minimum absolute atomic E-state index is 0.136. The van der Waals surface area contributed by atoms with Crippen molar-refractivity contribution in [1.82, 2.24) is 15.3 Å². The lowest BCUT2D eigenvalue weighted by Gasteiger charge is -2.25. The largest absolute Gasteiger partial charge is 0.419 e. The van der Waals surface area contributed by atoms with Gasteiger partial charge in [-0.05, 0) is 58.9 Å². The molecule has 0 saturated heterocycles. The highest BCUT2D eigenvalue weighted by Crippen LogP contribution is 2.34. The maximum absolute atomic E-state index is 14.7. The summed E-state index contributed by atoms with van der Waals surface area (Å²) in [6.07, 6.45) is -1.82. The van der Waals surface area contributed by atoms with E-state index in [2.05, 4.69) is 20.4 Å². The molecule has 1 aromatic carbocycles. The summed E-state index contributed by atoms with van der Waals surface area (Å²) < 4.78 is 54.2. The standard InChI is InChI=1S/C26H27F4N5O2/c1-14(16-7-6-8-18(21(16)27)26(28,29)30)32-23(36)17-12-19(34-35-13-24(2,3)33-22(17)35)15-9-10-31-20(11-15)25(4,5)37/h6-12,14,37H,13H2,1-5H3,(H,32,36)/t14-/m1/s1. The van der Waals surface area contributed by atoms with Gasteiger partial charge in [0.2, 0.25) is 0 Å². The lowest BCUT2D eigenvalue weighted by atomic mass is 9.99. The molecular formula is C26H27F4N5O2. The van der Waals surface area contributed by atoms with Crippen LogP contribution in [0.25, 0.3) is 0 Å². The van der Waals surface area contributed by atoms with Crippen molar-refractivity contribution in [3.05, 3.63) is 76.4 Å². The molecule has 1 atom stereocenters. The molecule has 3 heterocycles. The molecule has 2 N–H and O–H groups in total. The van der Waals surface area contributed by atoms with Crippen LogP contribution in [0.3, 0.4) is 0 Å². The summed E-state index contributed by atoms with van der Waals surface area (Å²) in [6.45, 7) is 8.74. The highest BCUT2D eigenvalue weighted by atomic mass is 19.4. The average molecular weight is 518 g/mol. The first-order chi connectivity index (χ1) is 17.1. The third-order valence-corrected chi connectivity index (χ3v) is 6.02. The van der Waals surface area contributed by atoms with Gasteiger partial charge in [-0.25, -0.2) is 9.40 Å². The maximum atomic E-state index is 14.7. The molecule has 11 heteroatoms. The second kappa shape index (κ2) is 9.05. The predicted molar refractivity (Wildman–Crippen MR) is 130 cm³/mol. The number of benzene rings is 1. The monoisotopic (exact) mass is 517 g/mol. The Balaban J connectivity index is 1.70. The summed E-state index contributed by atoms with van der Waals surface area (Å²) in [5, 5.41) is 19.2. The fourth-order valence-corrected chi connectivity index (χ4v) is 4.15. The van der Waals surface area contributed by atoms with E-state index in [1.807, 2.05) is 13.8 Å². The first kappa shape index (κ1) is 26.5. The van der Waals surface area contributed by atoms with Crippen molar-refractivity contribution in [3.8, 4) is 0 Å². The number of halogens is 4. The van der Waals surface area contributed by atoms with Gasteiger partial charge in [0.1, 0.15) is 11.4 Å². The van der Waals surface area contributed by atoms with Gasteiger partial charge in [-0.3, -0.25) is 14.8 Å². The number of amidine groups is 1. The van der Waals surface area contributed by atoms with E-state index in [0.29, 0.717) is 35.4 Å². The third-order valence-electron chi connectivity index (χ3n) is 6.02. The van der Waals surface area contributed by atoms with E-state index in [4.69, 9.17) is 0 Å². The molecule has 0 fully saturated rings. The number of allylic oxidation sites excluding steroid dienone is 1. The molecule has 2 aliphatic rings. The average Bonchev–Trinajstić information content (AvgIpc) is 3.10. The van der Waals surface area contributed by atoms with E-state index in [1.165, 1.54) is 25.3 Å². The summed E-state index contributed by atoms with van der Waals surface area (Å²) in [5.41, 5.74) is -1.90. The number of pyridine rings is 1. The number of rotatable bonds is 5. The van der Waals surface area contributed by atoms with Crippen molar-refractivity contribution < 1.29 is 27.5 Å². The lowest BCUT2D eigenvalue weighted by molar-refractivity contribution is -0.140. The molecule has 2 aromatic rings. The number of aromatic nitrogens is 1. The van der Waals surface area contributed by atoms with Gasteiger partial charge in [0.25, 0.3) is 5.91 Å². The quantitative estimate of drug-likeness (QED) is 0.573. The molecule has 2 aliphatic heterocycles. The normalized spacial score (nSPS) is 18.0. The predicted octanol–water partition coefficient (Wildman–Crippen LogP) is 4.48. The Hall–Kier alpha value is -3.60. The first-order valence-corrected chi connectivity index (χ1v) is 11.6. The van der Waals surface area contributed by atoms with Crippen LogP contribution >= 0.6 is 0 Å². The van der Waals surface area contributed by atoms with Crippen molar-refractivity contribution >= 4 is 17.5 Å². The van der Waals surface area contributed by atoms with E-state index in [9.17, 15) is 27.5 Å². The zero-order valence-electron chi connectivity index (χ0n) is 21.0. The van der Waals surface area contributed by atoms with Crippen molar-refractivity contribution in [2.45, 2.75) is 58.0 Å². The number of fused-ring (bicyclic) bond motifs is 1. The molecule has 0 unspecified atom stereocenters. The zero-order chi connectivity index (χ0) is 27.3. The smallest absolute Gasteiger partial charge is 0.384 e. The zero-order valence-corrected chi connectivity index (χ0v) is 21.0.